The average molecular weight is 399 g/mol. The van der Waals surface area contributed by atoms with Gasteiger partial charge in [0, 0.05) is 30.2 Å². The van der Waals surface area contributed by atoms with E-state index in [0.717, 1.165) is 24.8 Å². The van der Waals surface area contributed by atoms with Gasteiger partial charge in [0.2, 0.25) is 15.9 Å². The standard InChI is InChI=1S/C19H27ClN2O3S/c1-15-8-9-17(14-18(15)20)21-19(23)11-13-22(26(2,24)25)12-10-16-6-4-3-5-7-16/h6,8-9,14H,3-5,7,10-13H2,1-2H3,(H,21,23). The summed E-state index contributed by atoms with van der Waals surface area (Å²) in [6, 6.07) is 5.31. The van der Waals surface area contributed by atoms with Crippen molar-refractivity contribution in [2.24, 2.45) is 0 Å². The molecule has 0 saturated carbocycles. The number of nitrogens with one attached hydrogen (secondary N) is 1. The fraction of sp³-hybridized carbons (Fsp3) is 0.526. The number of rotatable bonds is 8. The molecule has 5 nitrogen and oxygen atoms in total. The molecule has 0 unspecified atom stereocenters. The summed E-state index contributed by atoms with van der Waals surface area (Å²) in [5.41, 5.74) is 2.87. The molecule has 1 aliphatic carbocycles. The first-order chi connectivity index (χ1) is 12.3. The summed E-state index contributed by atoms with van der Waals surface area (Å²) in [5, 5.41) is 3.35. The average Bonchev–Trinajstić information content (AvgIpc) is 2.58. The Balaban J connectivity index is 1.88. The normalized spacial score (nSPS) is 15.0. The minimum Gasteiger partial charge on any atom is -0.326 e. The molecule has 0 aromatic heterocycles. The van der Waals surface area contributed by atoms with Crippen molar-refractivity contribution in [1.29, 1.82) is 0 Å². The molecule has 0 saturated heterocycles. The van der Waals surface area contributed by atoms with Gasteiger partial charge in [-0.05, 0) is 56.7 Å². The lowest BCUT2D eigenvalue weighted by Crippen LogP contribution is -2.34. The maximum absolute atomic E-state index is 12.2. The number of carbonyl (C=O) groups is 1. The number of carbonyl (C=O) groups excluding carboxylic acids is 1. The second-order valence-corrected chi connectivity index (χ2v) is 9.17. The summed E-state index contributed by atoms with van der Waals surface area (Å²) in [6.07, 6.45) is 8.77. The van der Waals surface area contributed by atoms with E-state index >= 15 is 0 Å². The van der Waals surface area contributed by atoms with E-state index < -0.39 is 10.0 Å². The Morgan fingerprint density at radius 2 is 2.04 bits per heavy atom. The Morgan fingerprint density at radius 1 is 1.27 bits per heavy atom. The molecule has 1 amide bonds. The molecule has 0 heterocycles. The second kappa shape index (κ2) is 9.53. The summed E-state index contributed by atoms with van der Waals surface area (Å²) >= 11 is 6.06. The zero-order valence-electron chi connectivity index (χ0n) is 15.4. The van der Waals surface area contributed by atoms with Crippen molar-refractivity contribution >= 4 is 33.2 Å². The van der Waals surface area contributed by atoms with Crippen molar-refractivity contribution in [2.75, 3.05) is 24.7 Å². The number of halogens is 1. The van der Waals surface area contributed by atoms with Crippen LogP contribution in [-0.2, 0) is 14.8 Å². The van der Waals surface area contributed by atoms with E-state index in [1.54, 1.807) is 12.1 Å². The number of aryl methyl sites for hydroxylation is 1. The number of benzene rings is 1. The topological polar surface area (TPSA) is 66.5 Å². The van der Waals surface area contributed by atoms with Crippen LogP contribution in [0, 0.1) is 6.92 Å². The molecule has 0 bridgehead atoms. The lowest BCUT2D eigenvalue weighted by Gasteiger charge is -2.21. The molecule has 0 radical (unpaired) electrons. The number of sulfonamides is 1. The number of allylic oxidation sites excluding steroid dienone is 1. The van der Waals surface area contributed by atoms with Gasteiger partial charge in [0.05, 0.1) is 6.26 Å². The Bertz CT molecular complexity index is 775. The van der Waals surface area contributed by atoms with Crippen LogP contribution in [0.15, 0.2) is 29.8 Å². The van der Waals surface area contributed by atoms with Crippen LogP contribution in [0.4, 0.5) is 5.69 Å². The van der Waals surface area contributed by atoms with Crippen LogP contribution < -0.4 is 5.32 Å². The van der Waals surface area contributed by atoms with Crippen LogP contribution in [0.1, 0.15) is 44.1 Å². The van der Waals surface area contributed by atoms with Crippen molar-refractivity contribution in [3.63, 3.8) is 0 Å². The molecule has 7 heteroatoms. The maximum atomic E-state index is 12.2. The molecule has 1 N–H and O–H groups in total. The predicted molar refractivity (Wildman–Crippen MR) is 107 cm³/mol. The summed E-state index contributed by atoms with van der Waals surface area (Å²) in [4.78, 5) is 12.2. The molecule has 1 aromatic rings. The van der Waals surface area contributed by atoms with E-state index in [-0.39, 0.29) is 18.9 Å². The van der Waals surface area contributed by atoms with Gasteiger partial charge in [0.1, 0.15) is 0 Å². The highest BCUT2D eigenvalue weighted by atomic mass is 35.5. The number of amides is 1. The summed E-state index contributed by atoms with van der Waals surface area (Å²) < 4.78 is 25.4. The van der Waals surface area contributed by atoms with Gasteiger partial charge in [-0.3, -0.25) is 4.79 Å². The second-order valence-electron chi connectivity index (χ2n) is 6.78. The van der Waals surface area contributed by atoms with Crippen LogP contribution in [0.2, 0.25) is 5.02 Å². The van der Waals surface area contributed by atoms with E-state index in [4.69, 9.17) is 11.6 Å². The number of hydrogen-bond acceptors (Lipinski definition) is 3. The van der Waals surface area contributed by atoms with Gasteiger partial charge in [0.25, 0.3) is 0 Å². The van der Waals surface area contributed by atoms with Crippen LogP contribution in [0.3, 0.4) is 0 Å². The van der Waals surface area contributed by atoms with Crippen LogP contribution >= 0.6 is 11.6 Å². The predicted octanol–water partition coefficient (Wildman–Crippen LogP) is 4.13. The van der Waals surface area contributed by atoms with Crippen molar-refractivity contribution in [3.8, 4) is 0 Å². The molecular weight excluding hydrogens is 372 g/mol. The van der Waals surface area contributed by atoms with E-state index in [1.165, 1.54) is 29.0 Å². The zero-order chi connectivity index (χ0) is 19.2. The Kier molecular flexibility index (Phi) is 7.68. The third-order valence-electron chi connectivity index (χ3n) is 4.58. The van der Waals surface area contributed by atoms with Gasteiger partial charge in [-0.2, -0.15) is 0 Å². The molecule has 1 aliphatic rings. The van der Waals surface area contributed by atoms with E-state index in [2.05, 4.69) is 11.4 Å². The molecule has 0 spiro atoms. The fourth-order valence-corrected chi connectivity index (χ4v) is 3.99. The van der Waals surface area contributed by atoms with E-state index in [9.17, 15) is 13.2 Å². The first-order valence-corrected chi connectivity index (χ1v) is 11.2. The highest BCUT2D eigenvalue weighted by molar-refractivity contribution is 7.88. The first-order valence-electron chi connectivity index (χ1n) is 8.95. The van der Waals surface area contributed by atoms with Gasteiger partial charge in [0.15, 0.2) is 0 Å². The first kappa shape index (κ1) is 20.9. The molecule has 144 valence electrons. The van der Waals surface area contributed by atoms with Crippen molar-refractivity contribution in [2.45, 2.75) is 45.4 Å². The number of nitrogens with zero attached hydrogens (tertiary/aromatic N) is 1. The van der Waals surface area contributed by atoms with Gasteiger partial charge >= 0.3 is 0 Å². The van der Waals surface area contributed by atoms with Crippen LogP contribution in [0.25, 0.3) is 0 Å². The Hall–Kier alpha value is -1.37. The Morgan fingerprint density at radius 3 is 2.65 bits per heavy atom. The molecular formula is C19H27ClN2O3S. The quantitative estimate of drug-likeness (QED) is 0.669. The fourth-order valence-electron chi connectivity index (χ4n) is 2.96. The monoisotopic (exact) mass is 398 g/mol. The SMILES string of the molecule is Cc1ccc(NC(=O)CCN(CCC2=CCCCC2)S(C)(=O)=O)cc1Cl. The molecule has 26 heavy (non-hydrogen) atoms. The molecule has 0 fully saturated rings. The third kappa shape index (κ3) is 6.74. The smallest absolute Gasteiger partial charge is 0.225 e. The van der Waals surface area contributed by atoms with Crippen molar-refractivity contribution < 1.29 is 13.2 Å². The van der Waals surface area contributed by atoms with Crippen molar-refractivity contribution in [3.05, 3.63) is 40.4 Å². The number of anilines is 1. The third-order valence-corrected chi connectivity index (χ3v) is 6.29. The summed E-state index contributed by atoms with van der Waals surface area (Å²) in [6.45, 7) is 2.49. The van der Waals surface area contributed by atoms with Crippen molar-refractivity contribution in [1.82, 2.24) is 4.31 Å². The zero-order valence-corrected chi connectivity index (χ0v) is 17.0. The number of hydrogen-bond donors (Lipinski definition) is 1. The minimum atomic E-state index is -3.34. The van der Waals surface area contributed by atoms with E-state index in [1.807, 2.05) is 13.0 Å². The van der Waals surface area contributed by atoms with Crippen LogP contribution in [0.5, 0.6) is 0 Å². The molecule has 0 atom stereocenters. The maximum Gasteiger partial charge on any atom is 0.225 e. The summed E-state index contributed by atoms with van der Waals surface area (Å²) in [7, 11) is -3.34. The largest absolute Gasteiger partial charge is 0.326 e. The lowest BCUT2D eigenvalue weighted by atomic mass is 9.97. The molecule has 1 aromatic carbocycles. The van der Waals surface area contributed by atoms with Gasteiger partial charge in [-0.15, -0.1) is 0 Å². The Labute approximate surface area is 161 Å². The summed E-state index contributed by atoms with van der Waals surface area (Å²) in [5.74, 6) is -0.226. The van der Waals surface area contributed by atoms with Gasteiger partial charge < -0.3 is 5.32 Å². The molecule has 0 aliphatic heterocycles. The van der Waals surface area contributed by atoms with Gasteiger partial charge in [-0.1, -0.05) is 29.3 Å². The molecule has 2 rings (SSSR count). The van der Waals surface area contributed by atoms with Gasteiger partial charge in [-0.25, -0.2) is 12.7 Å². The highest BCUT2D eigenvalue weighted by Gasteiger charge is 2.18. The lowest BCUT2D eigenvalue weighted by molar-refractivity contribution is -0.116. The minimum absolute atomic E-state index is 0.109. The highest BCUT2D eigenvalue weighted by Crippen LogP contribution is 2.21. The van der Waals surface area contributed by atoms with Crippen LogP contribution in [-0.4, -0.2) is 38.0 Å². The van der Waals surface area contributed by atoms with E-state index in [0.29, 0.717) is 17.3 Å².